The van der Waals surface area contributed by atoms with Crippen molar-refractivity contribution < 1.29 is 0 Å². The van der Waals surface area contributed by atoms with E-state index in [1.54, 1.807) is 4.68 Å². The van der Waals surface area contributed by atoms with Crippen molar-refractivity contribution in [3.8, 4) is 0 Å². The first-order chi connectivity index (χ1) is 12.4. The maximum atomic E-state index is 6.13. The molecule has 26 heavy (non-hydrogen) atoms. The van der Waals surface area contributed by atoms with Crippen molar-refractivity contribution in [3.63, 3.8) is 0 Å². The molecular weight excluding hydrogens is 346 g/mol. The minimum atomic E-state index is -0.175. The fraction of sp³-hybridized carbons (Fsp3) is 0.278. The molecule has 136 valence electrons. The van der Waals surface area contributed by atoms with E-state index in [0.29, 0.717) is 5.84 Å². The third kappa shape index (κ3) is 3.61. The molecule has 2 aromatic rings. The summed E-state index contributed by atoms with van der Waals surface area (Å²) < 4.78 is 6.06. The molecule has 0 aliphatic carbocycles. The number of hydrogen-bond acceptors (Lipinski definition) is 6. The second kappa shape index (κ2) is 7.27. The minimum absolute atomic E-state index is 0.175. The number of rotatable bonds is 4. The molecule has 3 N–H and O–H groups in total. The van der Waals surface area contributed by atoms with Gasteiger partial charge in [-0.2, -0.15) is 9.47 Å². The van der Waals surface area contributed by atoms with Crippen molar-refractivity contribution in [3.05, 3.63) is 60.0 Å². The number of hydrogen-bond donors (Lipinski definition) is 2. The van der Waals surface area contributed by atoms with Crippen molar-refractivity contribution in [1.82, 2.24) is 24.4 Å². The highest BCUT2D eigenvalue weighted by Gasteiger charge is 2.25. The molecule has 0 spiro atoms. The van der Waals surface area contributed by atoms with Gasteiger partial charge in [0.2, 0.25) is 0 Å². The van der Waals surface area contributed by atoms with Crippen molar-refractivity contribution in [2.24, 2.45) is 17.8 Å². The summed E-state index contributed by atoms with van der Waals surface area (Å²) in [6, 6.07) is 1.77. The largest absolute Gasteiger partial charge is 0.339 e. The second-order valence-electron chi connectivity index (χ2n) is 6.16. The summed E-state index contributed by atoms with van der Waals surface area (Å²) in [5.41, 5.74) is 10.6. The molecule has 8 heteroatoms. The third-order valence-corrected chi connectivity index (χ3v) is 4.73. The molecule has 0 aromatic carbocycles. The molecule has 0 radical (unpaired) electrons. The Bertz CT molecular complexity index is 914. The molecule has 1 atom stereocenters. The van der Waals surface area contributed by atoms with Gasteiger partial charge >= 0.3 is 0 Å². The molecule has 7 nitrogen and oxygen atoms in total. The van der Waals surface area contributed by atoms with E-state index in [1.807, 2.05) is 63.5 Å². The van der Waals surface area contributed by atoms with Gasteiger partial charge in [-0.1, -0.05) is 12.7 Å². The Morgan fingerprint density at radius 1 is 1.50 bits per heavy atom. The first kappa shape index (κ1) is 18.1. The van der Waals surface area contributed by atoms with Gasteiger partial charge in [-0.15, -0.1) is 0 Å². The molecule has 1 aliphatic heterocycles. The van der Waals surface area contributed by atoms with Crippen LogP contribution in [0.5, 0.6) is 0 Å². The lowest BCUT2D eigenvalue weighted by Crippen LogP contribution is -2.42. The quantitative estimate of drug-likeness (QED) is 0.866. The Balaban J connectivity index is 2.04. The van der Waals surface area contributed by atoms with E-state index in [0.717, 1.165) is 33.3 Å². The lowest BCUT2D eigenvalue weighted by Gasteiger charge is -2.33. The van der Waals surface area contributed by atoms with Gasteiger partial charge in [0.25, 0.3) is 0 Å². The van der Waals surface area contributed by atoms with Gasteiger partial charge in [-0.05, 0) is 38.4 Å². The van der Waals surface area contributed by atoms with E-state index in [4.69, 9.17) is 10.7 Å². The predicted octanol–water partition coefficient (Wildman–Crippen LogP) is 2.88. The molecule has 0 bridgehead atoms. The zero-order valence-corrected chi connectivity index (χ0v) is 16.2. The summed E-state index contributed by atoms with van der Waals surface area (Å²) in [6.45, 7) is 10.1. The fourth-order valence-electron chi connectivity index (χ4n) is 2.62. The molecule has 0 fully saturated rings. The van der Waals surface area contributed by atoms with E-state index in [-0.39, 0.29) is 6.04 Å². The van der Waals surface area contributed by atoms with Crippen LogP contribution in [0.1, 0.15) is 25.1 Å². The van der Waals surface area contributed by atoms with Crippen LogP contribution in [0.2, 0.25) is 0 Å². The first-order valence-corrected chi connectivity index (χ1v) is 9.06. The Morgan fingerprint density at radius 3 is 2.81 bits per heavy atom. The zero-order chi connectivity index (χ0) is 18.8. The number of nitrogens with two attached hydrogens (primary N) is 1. The summed E-state index contributed by atoms with van der Waals surface area (Å²) in [4.78, 5) is 6.69. The summed E-state index contributed by atoms with van der Waals surface area (Å²) in [6.07, 6.45) is 7.78. The number of aliphatic imine (C=N–C) groups is 1. The molecule has 2 aromatic heterocycles. The van der Waals surface area contributed by atoms with Gasteiger partial charge in [0.15, 0.2) is 5.84 Å². The van der Waals surface area contributed by atoms with Crippen LogP contribution < -0.4 is 11.1 Å². The highest BCUT2D eigenvalue weighted by atomic mass is 32.1. The standard InChI is InChI=1S/C18H23N7S/c1-6-16(14-8-20-24(5)9-14)25-10-15(12(3)19)21-18(13(25)4)22-17-7-11(2)23-26-17/h6-10,12H,4,19H2,1-3,5H3,(H,21,22)/b16-6-. The van der Waals surface area contributed by atoms with Crippen LogP contribution in [-0.4, -0.2) is 30.9 Å². The van der Waals surface area contributed by atoms with Crippen LogP contribution in [-0.2, 0) is 7.05 Å². The monoisotopic (exact) mass is 369 g/mol. The van der Waals surface area contributed by atoms with Crippen LogP contribution in [0, 0.1) is 6.92 Å². The summed E-state index contributed by atoms with van der Waals surface area (Å²) in [5, 5.41) is 8.39. The van der Waals surface area contributed by atoms with E-state index in [2.05, 4.69) is 21.4 Å². The summed E-state index contributed by atoms with van der Waals surface area (Å²) in [7, 11) is 1.89. The van der Waals surface area contributed by atoms with Crippen molar-refractivity contribution in [1.29, 1.82) is 0 Å². The average Bonchev–Trinajstić information content (AvgIpc) is 3.19. The van der Waals surface area contributed by atoms with Gasteiger partial charge in [0.05, 0.1) is 23.3 Å². The topological polar surface area (TPSA) is 84.4 Å². The molecule has 0 amide bonds. The molecule has 1 aliphatic rings. The number of aromatic nitrogens is 3. The summed E-state index contributed by atoms with van der Waals surface area (Å²) in [5.74, 6) is 0.659. The Morgan fingerprint density at radius 2 is 2.27 bits per heavy atom. The van der Waals surface area contributed by atoms with Crippen molar-refractivity contribution in [2.45, 2.75) is 26.8 Å². The second-order valence-corrected chi connectivity index (χ2v) is 6.94. The lowest BCUT2D eigenvalue weighted by atomic mass is 10.1. The highest BCUT2D eigenvalue weighted by molar-refractivity contribution is 7.09. The van der Waals surface area contributed by atoms with E-state index in [1.165, 1.54) is 11.5 Å². The van der Waals surface area contributed by atoms with Gasteiger partial charge < -0.3 is 16.0 Å². The molecule has 1 unspecified atom stereocenters. The average molecular weight is 369 g/mol. The number of aryl methyl sites for hydroxylation is 2. The Hall–Kier alpha value is -2.71. The fourth-order valence-corrected chi connectivity index (χ4v) is 3.27. The molecule has 3 rings (SSSR count). The Labute approximate surface area is 157 Å². The Kier molecular flexibility index (Phi) is 5.06. The lowest BCUT2D eigenvalue weighted by molar-refractivity contribution is 0.630. The van der Waals surface area contributed by atoms with Crippen LogP contribution in [0.25, 0.3) is 5.70 Å². The predicted molar refractivity (Wildman–Crippen MR) is 107 cm³/mol. The maximum Gasteiger partial charge on any atom is 0.155 e. The van der Waals surface area contributed by atoms with Gasteiger partial charge in [-0.3, -0.25) is 4.68 Å². The van der Waals surface area contributed by atoms with Crippen LogP contribution in [0.3, 0.4) is 0 Å². The normalized spacial score (nSPS) is 18.1. The number of amidine groups is 1. The highest BCUT2D eigenvalue weighted by Crippen LogP contribution is 2.29. The molecule has 3 heterocycles. The number of allylic oxidation sites excluding steroid dienone is 1. The number of nitrogens with zero attached hydrogens (tertiary/aromatic N) is 5. The van der Waals surface area contributed by atoms with Crippen LogP contribution >= 0.6 is 11.5 Å². The minimum Gasteiger partial charge on any atom is -0.339 e. The van der Waals surface area contributed by atoms with Crippen LogP contribution in [0.4, 0.5) is 5.00 Å². The van der Waals surface area contributed by atoms with Gasteiger partial charge in [-0.25, -0.2) is 4.99 Å². The molecular formula is C18H23N7S. The third-order valence-electron chi connectivity index (χ3n) is 3.96. The van der Waals surface area contributed by atoms with Crippen molar-refractivity contribution in [2.75, 3.05) is 0 Å². The van der Waals surface area contributed by atoms with Gasteiger partial charge in [0, 0.05) is 36.7 Å². The molecule has 0 saturated heterocycles. The van der Waals surface area contributed by atoms with Crippen LogP contribution in [0.15, 0.2) is 53.7 Å². The SMILES string of the molecule is C=C1/C(=N\c2cc(C)ns2)NC(C(C)N)=CN1/C(=C\C)c1cnn(C)c1. The van der Waals surface area contributed by atoms with E-state index in [9.17, 15) is 0 Å². The molecule has 0 saturated carbocycles. The number of nitrogens with one attached hydrogen (secondary N) is 1. The summed E-state index contributed by atoms with van der Waals surface area (Å²) >= 11 is 1.35. The van der Waals surface area contributed by atoms with E-state index >= 15 is 0 Å². The van der Waals surface area contributed by atoms with E-state index < -0.39 is 0 Å². The van der Waals surface area contributed by atoms with Gasteiger partial charge in [0.1, 0.15) is 5.00 Å². The first-order valence-electron chi connectivity index (χ1n) is 8.29. The maximum absolute atomic E-state index is 6.13. The van der Waals surface area contributed by atoms with Crippen molar-refractivity contribution >= 4 is 28.1 Å². The smallest absolute Gasteiger partial charge is 0.155 e. The zero-order valence-electron chi connectivity index (χ0n) is 15.4.